The summed E-state index contributed by atoms with van der Waals surface area (Å²) in [5.41, 5.74) is 8.13. The van der Waals surface area contributed by atoms with Crippen molar-refractivity contribution in [2.75, 3.05) is 26.3 Å². The van der Waals surface area contributed by atoms with Gasteiger partial charge in [0.2, 0.25) is 5.91 Å². The maximum absolute atomic E-state index is 10.9. The summed E-state index contributed by atoms with van der Waals surface area (Å²) in [5.74, 6) is 0.842. The van der Waals surface area contributed by atoms with Gasteiger partial charge in [0, 0.05) is 35.0 Å². The molecule has 1 heterocycles. The number of halogens is 1. The highest BCUT2D eigenvalue weighted by atomic mass is 35.5. The molecule has 1 aromatic heterocycles. The van der Waals surface area contributed by atoms with Crippen LogP contribution in [0.1, 0.15) is 24.8 Å². The number of hydrogen-bond donors (Lipinski definition) is 5. The summed E-state index contributed by atoms with van der Waals surface area (Å²) in [7, 11) is 0. The Labute approximate surface area is 220 Å². The van der Waals surface area contributed by atoms with E-state index < -0.39 is 12.0 Å². The fourth-order valence-corrected chi connectivity index (χ4v) is 4.31. The van der Waals surface area contributed by atoms with Gasteiger partial charge in [0.1, 0.15) is 24.2 Å². The van der Waals surface area contributed by atoms with E-state index in [2.05, 4.69) is 16.4 Å². The predicted octanol–water partition coefficient (Wildman–Crippen LogP) is 4.41. The average Bonchev–Trinajstić information content (AvgIpc) is 3.28. The highest BCUT2D eigenvalue weighted by molar-refractivity contribution is 6.32. The Kier molecular flexibility index (Phi) is 9.00. The molecule has 4 aromatic rings. The SMILES string of the molecule is N=C(CCC(N)=O)c1ccc(OCCCNCC(O)COc2cccc3[nH]c4ccccc4c23)c(Cl)c1. The van der Waals surface area contributed by atoms with Gasteiger partial charge in [0.25, 0.3) is 0 Å². The number of nitrogens with one attached hydrogen (secondary N) is 3. The lowest BCUT2D eigenvalue weighted by atomic mass is 10.1. The minimum Gasteiger partial charge on any atom is -0.492 e. The molecule has 0 saturated carbocycles. The van der Waals surface area contributed by atoms with Crippen LogP contribution in [0.2, 0.25) is 5.02 Å². The Morgan fingerprint density at radius 2 is 1.86 bits per heavy atom. The van der Waals surface area contributed by atoms with Crippen molar-refractivity contribution in [3.8, 4) is 11.5 Å². The average molecular weight is 523 g/mol. The highest BCUT2D eigenvalue weighted by Crippen LogP contribution is 2.33. The van der Waals surface area contributed by atoms with Gasteiger partial charge in [0.15, 0.2) is 0 Å². The van der Waals surface area contributed by atoms with Crippen molar-refractivity contribution < 1.29 is 19.4 Å². The van der Waals surface area contributed by atoms with Crippen LogP contribution in [0, 0.1) is 5.41 Å². The molecule has 1 unspecified atom stereocenters. The molecule has 0 aliphatic heterocycles. The number of rotatable bonds is 14. The number of fused-ring (bicyclic) bond motifs is 3. The van der Waals surface area contributed by atoms with Crippen molar-refractivity contribution in [1.82, 2.24) is 10.3 Å². The predicted molar refractivity (Wildman–Crippen MR) is 147 cm³/mol. The maximum Gasteiger partial charge on any atom is 0.217 e. The molecule has 0 spiro atoms. The first-order valence-electron chi connectivity index (χ1n) is 12.2. The molecule has 6 N–H and O–H groups in total. The number of aromatic amines is 1. The van der Waals surface area contributed by atoms with Gasteiger partial charge in [-0.25, -0.2) is 0 Å². The van der Waals surface area contributed by atoms with Gasteiger partial charge in [-0.3, -0.25) is 4.79 Å². The van der Waals surface area contributed by atoms with Gasteiger partial charge >= 0.3 is 0 Å². The number of aliphatic hydroxyl groups excluding tert-OH is 1. The van der Waals surface area contributed by atoms with Crippen molar-refractivity contribution in [2.45, 2.75) is 25.4 Å². The lowest BCUT2D eigenvalue weighted by Crippen LogP contribution is -2.32. The van der Waals surface area contributed by atoms with Crippen molar-refractivity contribution >= 4 is 45.0 Å². The second-order valence-electron chi connectivity index (χ2n) is 8.81. The third kappa shape index (κ3) is 7.01. The van der Waals surface area contributed by atoms with Gasteiger partial charge in [-0.15, -0.1) is 0 Å². The van der Waals surface area contributed by atoms with E-state index in [1.54, 1.807) is 18.2 Å². The molecular weight excluding hydrogens is 492 g/mol. The largest absolute Gasteiger partial charge is 0.492 e. The minimum absolute atomic E-state index is 0.128. The third-order valence-electron chi connectivity index (χ3n) is 5.96. The molecule has 1 atom stereocenters. The number of aliphatic hydroxyl groups is 1. The van der Waals surface area contributed by atoms with Crippen LogP contribution < -0.4 is 20.5 Å². The van der Waals surface area contributed by atoms with E-state index in [1.165, 1.54) is 0 Å². The minimum atomic E-state index is -0.659. The summed E-state index contributed by atoms with van der Waals surface area (Å²) in [6.45, 7) is 1.67. The number of para-hydroxylation sites is 1. The third-order valence-corrected chi connectivity index (χ3v) is 6.26. The molecule has 4 rings (SSSR count). The molecule has 0 aliphatic carbocycles. The zero-order valence-corrected chi connectivity index (χ0v) is 21.2. The summed E-state index contributed by atoms with van der Waals surface area (Å²) in [6.07, 6.45) is 0.457. The number of H-pyrrole nitrogens is 1. The summed E-state index contributed by atoms with van der Waals surface area (Å²) in [4.78, 5) is 14.3. The van der Waals surface area contributed by atoms with E-state index >= 15 is 0 Å². The van der Waals surface area contributed by atoms with Crippen molar-refractivity contribution in [3.05, 3.63) is 71.2 Å². The van der Waals surface area contributed by atoms with E-state index in [0.29, 0.717) is 48.2 Å². The topological polar surface area (TPSA) is 133 Å². The number of ether oxygens (including phenoxy) is 2. The molecule has 0 radical (unpaired) electrons. The second kappa shape index (κ2) is 12.6. The molecule has 3 aromatic carbocycles. The van der Waals surface area contributed by atoms with Crippen molar-refractivity contribution in [1.29, 1.82) is 5.41 Å². The Bertz CT molecular complexity index is 1390. The number of aromatic nitrogens is 1. The first-order chi connectivity index (χ1) is 17.9. The molecule has 194 valence electrons. The number of carbonyl (C=O) groups excluding carboxylic acids is 1. The molecule has 37 heavy (non-hydrogen) atoms. The quantitative estimate of drug-likeness (QED) is 0.124. The fraction of sp³-hybridized carbons (Fsp3) is 0.286. The molecule has 9 heteroatoms. The van der Waals surface area contributed by atoms with Crippen LogP contribution in [0.25, 0.3) is 21.8 Å². The Hall–Kier alpha value is -3.59. The van der Waals surface area contributed by atoms with Crippen LogP contribution in [0.15, 0.2) is 60.7 Å². The van der Waals surface area contributed by atoms with Crippen LogP contribution in [-0.2, 0) is 4.79 Å². The molecule has 0 saturated heterocycles. The molecule has 8 nitrogen and oxygen atoms in total. The summed E-state index contributed by atoms with van der Waals surface area (Å²) >= 11 is 6.29. The Balaban J connectivity index is 1.16. The molecule has 0 aliphatic rings. The molecular formula is C28H31ClN4O4. The van der Waals surface area contributed by atoms with Gasteiger partial charge < -0.3 is 36.0 Å². The first-order valence-corrected chi connectivity index (χ1v) is 12.6. The van der Waals surface area contributed by atoms with Crippen molar-refractivity contribution in [2.24, 2.45) is 5.73 Å². The van der Waals surface area contributed by atoms with Gasteiger partial charge in [-0.2, -0.15) is 0 Å². The second-order valence-corrected chi connectivity index (χ2v) is 9.22. The van der Waals surface area contributed by atoms with Gasteiger partial charge in [-0.1, -0.05) is 35.9 Å². The van der Waals surface area contributed by atoms with E-state index in [9.17, 15) is 9.90 Å². The normalized spacial score (nSPS) is 12.1. The van der Waals surface area contributed by atoms with Crippen LogP contribution in [0.3, 0.4) is 0 Å². The number of amides is 1. The van der Waals surface area contributed by atoms with E-state index in [0.717, 1.165) is 27.6 Å². The van der Waals surface area contributed by atoms with E-state index in [4.69, 9.17) is 32.2 Å². The number of benzene rings is 3. The van der Waals surface area contributed by atoms with E-state index in [1.807, 2.05) is 36.4 Å². The zero-order valence-electron chi connectivity index (χ0n) is 20.4. The van der Waals surface area contributed by atoms with E-state index in [-0.39, 0.29) is 19.4 Å². The van der Waals surface area contributed by atoms with Crippen LogP contribution in [0.5, 0.6) is 11.5 Å². The van der Waals surface area contributed by atoms with Crippen LogP contribution >= 0.6 is 11.6 Å². The Morgan fingerprint density at radius 3 is 2.68 bits per heavy atom. The lowest BCUT2D eigenvalue weighted by Gasteiger charge is -2.14. The highest BCUT2D eigenvalue weighted by Gasteiger charge is 2.12. The summed E-state index contributed by atoms with van der Waals surface area (Å²) in [6, 6.07) is 19.1. The lowest BCUT2D eigenvalue weighted by molar-refractivity contribution is -0.117. The smallest absolute Gasteiger partial charge is 0.217 e. The number of hydrogen-bond acceptors (Lipinski definition) is 6. The van der Waals surface area contributed by atoms with Gasteiger partial charge in [-0.05, 0) is 61.3 Å². The summed E-state index contributed by atoms with van der Waals surface area (Å²) in [5, 5.41) is 24.1. The standard InChI is InChI=1S/C28H31ClN4O4/c29-21-15-18(22(30)10-12-27(31)35)9-11-25(21)36-14-4-13-32-16-19(34)17-37-26-8-3-7-24-28(26)20-5-1-2-6-23(20)33-24/h1-3,5-9,11,15,19,30,32-34H,4,10,12-14,16-17H2,(H2,31,35). The van der Waals surface area contributed by atoms with Crippen LogP contribution in [-0.4, -0.2) is 54.1 Å². The number of nitrogens with two attached hydrogens (primary N) is 1. The fourth-order valence-electron chi connectivity index (χ4n) is 4.08. The molecule has 0 bridgehead atoms. The number of primary amides is 1. The molecule has 0 fully saturated rings. The monoisotopic (exact) mass is 522 g/mol. The zero-order chi connectivity index (χ0) is 26.2. The first kappa shape index (κ1) is 26.5. The maximum atomic E-state index is 10.9. The number of carbonyl (C=O) groups is 1. The van der Waals surface area contributed by atoms with Crippen molar-refractivity contribution in [3.63, 3.8) is 0 Å². The van der Waals surface area contributed by atoms with Crippen LogP contribution in [0.4, 0.5) is 0 Å². The Morgan fingerprint density at radius 1 is 1.05 bits per heavy atom. The molecule has 1 amide bonds. The van der Waals surface area contributed by atoms with Gasteiger partial charge in [0.05, 0.1) is 17.1 Å². The summed E-state index contributed by atoms with van der Waals surface area (Å²) < 4.78 is 11.7.